The molecule has 0 bridgehead atoms. The van der Waals surface area contributed by atoms with E-state index in [9.17, 15) is 0 Å². The molecule has 1 aliphatic heterocycles. The van der Waals surface area contributed by atoms with Gasteiger partial charge in [-0.25, -0.2) is 0 Å². The van der Waals surface area contributed by atoms with Crippen molar-refractivity contribution in [2.75, 3.05) is 13.1 Å². The van der Waals surface area contributed by atoms with Crippen LogP contribution >= 0.6 is 0 Å². The fourth-order valence-electron chi connectivity index (χ4n) is 3.29. The molecular weight excluding hydrogens is 244 g/mol. The van der Waals surface area contributed by atoms with Crippen molar-refractivity contribution in [3.05, 3.63) is 35.9 Å². The lowest BCUT2D eigenvalue weighted by Gasteiger charge is -2.43. The summed E-state index contributed by atoms with van der Waals surface area (Å²) in [6.07, 6.45) is 2.59. The lowest BCUT2D eigenvalue weighted by molar-refractivity contribution is 0.0862. The van der Waals surface area contributed by atoms with E-state index in [0.29, 0.717) is 18.1 Å². The van der Waals surface area contributed by atoms with Gasteiger partial charge in [-0.15, -0.1) is 0 Å². The maximum Gasteiger partial charge on any atom is 0.0450 e. The van der Waals surface area contributed by atoms with Crippen molar-refractivity contribution in [3.63, 3.8) is 0 Å². The fraction of sp³-hybridized carbons (Fsp3) is 0.667. The fourth-order valence-corrected chi connectivity index (χ4v) is 3.29. The Kier molecular flexibility index (Phi) is 5.62. The first kappa shape index (κ1) is 15.5. The van der Waals surface area contributed by atoms with Gasteiger partial charge in [0.05, 0.1) is 0 Å². The third-order valence-electron chi connectivity index (χ3n) is 4.83. The molecule has 1 aliphatic rings. The minimum Gasteiger partial charge on any atom is -0.307 e. The molecule has 1 saturated heterocycles. The van der Waals surface area contributed by atoms with E-state index < -0.39 is 0 Å². The van der Waals surface area contributed by atoms with E-state index in [1.165, 1.54) is 18.4 Å². The van der Waals surface area contributed by atoms with Gasteiger partial charge in [0.1, 0.15) is 0 Å². The van der Waals surface area contributed by atoms with Crippen LogP contribution in [0, 0.1) is 5.92 Å². The highest BCUT2D eigenvalue weighted by atomic mass is 15.2. The standard InChI is InChI=1S/C18H30N2/c1-5-14(2)11-15(3)20-13-18(19-12-16(20)4)17-9-7-6-8-10-17/h6-10,14-16,18-19H,5,11-13H2,1-4H3. The lowest BCUT2D eigenvalue weighted by Crippen LogP contribution is -2.54. The second kappa shape index (κ2) is 7.24. The molecule has 4 unspecified atom stereocenters. The number of rotatable bonds is 5. The van der Waals surface area contributed by atoms with Crippen molar-refractivity contribution in [1.29, 1.82) is 0 Å². The van der Waals surface area contributed by atoms with E-state index in [1.54, 1.807) is 0 Å². The maximum absolute atomic E-state index is 3.70. The highest BCUT2D eigenvalue weighted by Gasteiger charge is 2.29. The zero-order chi connectivity index (χ0) is 14.5. The first-order valence-electron chi connectivity index (χ1n) is 8.15. The van der Waals surface area contributed by atoms with Crippen LogP contribution in [0.1, 0.15) is 52.1 Å². The van der Waals surface area contributed by atoms with Crippen LogP contribution in [0.3, 0.4) is 0 Å². The molecule has 0 amide bonds. The van der Waals surface area contributed by atoms with Gasteiger partial charge < -0.3 is 5.32 Å². The van der Waals surface area contributed by atoms with Crippen molar-refractivity contribution in [2.24, 2.45) is 5.92 Å². The van der Waals surface area contributed by atoms with Crippen molar-refractivity contribution in [1.82, 2.24) is 10.2 Å². The zero-order valence-electron chi connectivity index (χ0n) is 13.5. The molecule has 112 valence electrons. The zero-order valence-corrected chi connectivity index (χ0v) is 13.5. The van der Waals surface area contributed by atoms with E-state index in [2.05, 4.69) is 68.2 Å². The van der Waals surface area contributed by atoms with Crippen LogP contribution in [-0.4, -0.2) is 30.1 Å². The normalized spacial score (nSPS) is 27.2. The number of hydrogen-bond donors (Lipinski definition) is 1. The molecule has 1 aromatic rings. The van der Waals surface area contributed by atoms with E-state index >= 15 is 0 Å². The van der Waals surface area contributed by atoms with Gasteiger partial charge in [0.25, 0.3) is 0 Å². The lowest BCUT2D eigenvalue weighted by atomic mass is 9.95. The Morgan fingerprint density at radius 3 is 2.60 bits per heavy atom. The molecule has 0 spiro atoms. The molecule has 1 N–H and O–H groups in total. The van der Waals surface area contributed by atoms with Crippen LogP contribution < -0.4 is 5.32 Å². The van der Waals surface area contributed by atoms with E-state index in [1.807, 2.05) is 0 Å². The molecule has 0 saturated carbocycles. The molecule has 1 heterocycles. The van der Waals surface area contributed by atoms with Gasteiger partial charge in [0.15, 0.2) is 0 Å². The number of nitrogens with zero attached hydrogens (tertiary/aromatic N) is 1. The van der Waals surface area contributed by atoms with Crippen molar-refractivity contribution in [3.8, 4) is 0 Å². The van der Waals surface area contributed by atoms with Gasteiger partial charge in [-0.05, 0) is 31.7 Å². The molecule has 0 aliphatic carbocycles. The van der Waals surface area contributed by atoms with Crippen molar-refractivity contribution < 1.29 is 0 Å². The number of piperazine rings is 1. The predicted molar refractivity (Wildman–Crippen MR) is 86.9 cm³/mol. The monoisotopic (exact) mass is 274 g/mol. The Balaban J connectivity index is 2.01. The van der Waals surface area contributed by atoms with Crippen LogP contribution in [0.5, 0.6) is 0 Å². The quantitative estimate of drug-likeness (QED) is 0.877. The summed E-state index contributed by atoms with van der Waals surface area (Å²) < 4.78 is 0. The van der Waals surface area contributed by atoms with Gasteiger partial charge in [-0.3, -0.25) is 4.90 Å². The third kappa shape index (κ3) is 3.83. The second-order valence-electron chi connectivity index (χ2n) is 6.52. The molecule has 1 aromatic carbocycles. The van der Waals surface area contributed by atoms with Gasteiger partial charge >= 0.3 is 0 Å². The Morgan fingerprint density at radius 2 is 1.95 bits per heavy atom. The summed E-state index contributed by atoms with van der Waals surface area (Å²) in [7, 11) is 0. The van der Waals surface area contributed by atoms with Gasteiger partial charge in [-0.1, -0.05) is 50.6 Å². The van der Waals surface area contributed by atoms with Crippen molar-refractivity contribution >= 4 is 0 Å². The largest absolute Gasteiger partial charge is 0.307 e. The summed E-state index contributed by atoms with van der Waals surface area (Å²) in [5.74, 6) is 0.822. The van der Waals surface area contributed by atoms with Crippen molar-refractivity contribution in [2.45, 2.75) is 58.7 Å². The van der Waals surface area contributed by atoms with Gasteiger partial charge in [0.2, 0.25) is 0 Å². The number of hydrogen-bond acceptors (Lipinski definition) is 2. The highest BCUT2D eigenvalue weighted by molar-refractivity contribution is 5.20. The molecule has 0 radical (unpaired) electrons. The van der Waals surface area contributed by atoms with E-state index in [0.717, 1.165) is 19.0 Å². The Bertz CT molecular complexity index is 390. The first-order valence-corrected chi connectivity index (χ1v) is 8.15. The minimum atomic E-state index is 0.479. The first-order chi connectivity index (χ1) is 9.61. The summed E-state index contributed by atoms with van der Waals surface area (Å²) in [5.41, 5.74) is 1.42. The predicted octanol–water partition coefficient (Wildman–Crippen LogP) is 3.85. The van der Waals surface area contributed by atoms with Crippen LogP contribution in [0.15, 0.2) is 30.3 Å². The van der Waals surface area contributed by atoms with E-state index in [-0.39, 0.29) is 0 Å². The Hall–Kier alpha value is -0.860. The topological polar surface area (TPSA) is 15.3 Å². The minimum absolute atomic E-state index is 0.479. The molecule has 20 heavy (non-hydrogen) atoms. The second-order valence-corrected chi connectivity index (χ2v) is 6.52. The summed E-state index contributed by atoms with van der Waals surface area (Å²) >= 11 is 0. The van der Waals surface area contributed by atoms with Crippen LogP contribution in [0.25, 0.3) is 0 Å². The van der Waals surface area contributed by atoms with Crippen LogP contribution in [-0.2, 0) is 0 Å². The third-order valence-corrected chi connectivity index (χ3v) is 4.83. The Labute approximate surface area is 124 Å². The van der Waals surface area contributed by atoms with Gasteiger partial charge in [0, 0.05) is 31.2 Å². The van der Waals surface area contributed by atoms with Crippen LogP contribution in [0.4, 0.5) is 0 Å². The summed E-state index contributed by atoms with van der Waals surface area (Å²) in [5, 5.41) is 3.70. The molecule has 4 atom stereocenters. The highest BCUT2D eigenvalue weighted by Crippen LogP contribution is 2.24. The number of benzene rings is 1. The summed E-state index contributed by atoms with van der Waals surface area (Å²) in [6, 6.07) is 12.6. The smallest absolute Gasteiger partial charge is 0.0450 e. The SMILES string of the molecule is CCC(C)CC(C)N1CC(c2ccccc2)NCC1C. The molecule has 1 fully saturated rings. The average Bonchev–Trinajstić information content (AvgIpc) is 2.48. The molecule has 2 rings (SSSR count). The molecule has 2 heteroatoms. The van der Waals surface area contributed by atoms with Gasteiger partial charge in [-0.2, -0.15) is 0 Å². The summed E-state index contributed by atoms with van der Waals surface area (Å²) in [6.45, 7) is 11.6. The molecular formula is C18H30N2. The Morgan fingerprint density at radius 1 is 1.25 bits per heavy atom. The average molecular weight is 274 g/mol. The molecule has 0 aromatic heterocycles. The van der Waals surface area contributed by atoms with Crippen LogP contribution in [0.2, 0.25) is 0 Å². The maximum atomic E-state index is 3.70. The number of nitrogens with one attached hydrogen (secondary N) is 1. The summed E-state index contributed by atoms with van der Waals surface area (Å²) in [4.78, 5) is 2.69. The molecule has 2 nitrogen and oxygen atoms in total. The van der Waals surface area contributed by atoms with E-state index in [4.69, 9.17) is 0 Å².